The Labute approximate surface area is 259 Å². The van der Waals surface area contributed by atoms with Gasteiger partial charge in [-0.3, -0.25) is 18.7 Å². The van der Waals surface area contributed by atoms with E-state index >= 15 is 0 Å². The van der Waals surface area contributed by atoms with Crippen molar-refractivity contribution in [2.24, 2.45) is 0 Å². The second-order valence-electron chi connectivity index (χ2n) is 11.1. The highest BCUT2D eigenvalue weighted by Gasteiger charge is 2.21. The molecule has 0 aliphatic heterocycles. The number of amides is 1. The first-order valence-corrected chi connectivity index (χ1v) is 15.3. The molecule has 2 heterocycles. The molecule has 1 aliphatic rings. The Kier molecular flexibility index (Phi) is 7.54. The van der Waals surface area contributed by atoms with Crippen LogP contribution in [0, 0.1) is 0 Å². The first-order valence-electron chi connectivity index (χ1n) is 14.9. The summed E-state index contributed by atoms with van der Waals surface area (Å²) in [6.45, 7) is 0. The van der Waals surface area contributed by atoms with Crippen molar-refractivity contribution in [3.63, 3.8) is 0 Å². The van der Waals surface area contributed by atoms with Crippen molar-refractivity contribution in [3.05, 3.63) is 130 Å². The zero-order valence-electron chi connectivity index (χ0n) is 24.0. The lowest BCUT2D eigenvalue weighted by atomic mass is 9.95. The number of hydrogen-bond acceptors (Lipinski definition) is 4. The van der Waals surface area contributed by atoms with Crippen molar-refractivity contribution < 1.29 is 4.79 Å². The van der Waals surface area contributed by atoms with Crippen LogP contribution in [0.1, 0.15) is 42.5 Å². The maximum absolute atomic E-state index is 14.1. The van der Waals surface area contributed by atoms with E-state index in [0.29, 0.717) is 33.4 Å². The van der Waals surface area contributed by atoms with E-state index in [1.165, 1.54) is 6.42 Å². The van der Waals surface area contributed by atoms with Gasteiger partial charge in [-0.25, -0.2) is 9.97 Å². The van der Waals surface area contributed by atoms with Crippen molar-refractivity contribution in [2.45, 2.75) is 38.1 Å². The quantitative estimate of drug-likeness (QED) is 0.213. The lowest BCUT2D eigenvalue weighted by Crippen LogP contribution is -2.36. The predicted molar refractivity (Wildman–Crippen MR) is 175 cm³/mol. The molecule has 1 aliphatic carbocycles. The molecular formula is C36H30ClN5O2. The summed E-state index contributed by atoms with van der Waals surface area (Å²) in [4.78, 5) is 36.8. The normalized spacial score (nSPS) is 13.7. The van der Waals surface area contributed by atoms with Gasteiger partial charge < -0.3 is 5.32 Å². The number of fused-ring (bicyclic) bond motifs is 1. The second-order valence-corrected chi connectivity index (χ2v) is 11.6. The van der Waals surface area contributed by atoms with Crippen LogP contribution in [0.2, 0.25) is 5.02 Å². The standard InChI is InChI=1S/C36H30ClN5O2/c37-28-18-20-30(21-19-28)42-33(26-16-14-25(15-17-26)24-8-3-1-4-9-24)40-34-32(36(42)44)38-23-41(34)31-13-7-10-27(22-31)35(43)39-29-11-5-2-6-12-29/h1,3-4,7-10,13-23,29H,2,5-6,11-12H2,(H,39,43). The van der Waals surface area contributed by atoms with Gasteiger partial charge in [0.2, 0.25) is 0 Å². The minimum absolute atomic E-state index is 0.0968. The number of carbonyl (C=O) groups excluding carboxylic acids is 1. The van der Waals surface area contributed by atoms with Gasteiger partial charge >= 0.3 is 0 Å². The highest BCUT2D eigenvalue weighted by atomic mass is 35.5. The van der Waals surface area contributed by atoms with Crippen LogP contribution in [0.5, 0.6) is 0 Å². The zero-order chi connectivity index (χ0) is 30.0. The summed E-state index contributed by atoms with van der Waals surface area (Å²) in [6, 6.07) is 32.8. The highest BCUT2D eigenvalue weighted by molar-refractivity contribution is 6.30. The van der Waals surface area contributed by atoms with Crippen molar-refractivity contribution in [2.75, 3.05) is 0 Å². The fraction of sp³-hybridized carbons (Fsp3) is 0.167. The van der Waals surface area contributed by atoms with E-state index < -0.39 is 0 Å². The third-order valence-corrected chi connectivity index (χ3v) is 8.49. The number of hydrogen-bond donors (Lipinski definition) is 1. The van der Waals surface area contributed by atoms with Gasteiger partial charge in [0.05, 0.1) is 5.69 Å². The molecule has 0 bridgehead atoms. The molecule has 44 heavy (non-hydrogen) atoms. The molecule has 1 fully saturated rings. The number of halogens is 1. The molecule has 8 heteroatoms. The van der Waals surface area contributed by atoms with Gasteiger partial charge in [0, 0.05) is 27.9 Å². The molecule has 0 unspecified atom stereocenters. The lowest BCUT2D eigenvalue weighted by Gasteiger charge is -2.22. The predicted octanol–water partition coefficient (Wildman–Crippen LogP) is 7.62. The van der Waals surface area contributed by atoms with Gasteiger partial charge in [-0.15, -0.1) is 0 Å². The number of nitrogens with one attached hydrogen (secondary N) is 1. The fourth-order valence-electron chi connectivity index (χ4n) is 5.92. The molecule has 1 saturated carbocycles. The number of aromatic nitrogens is 4. The molecule has 2 aromatic heterocycles. The Hall–Kier alpha value is -5.01. The van der Waals surface area contributed by atoms with Crippen molar-refractivity contribution in [1.29, 1.82) is 0 Å². The molecule has 6 aromatic rings. The van der Waals surface area contributed by atoms with Crippen molar-refractivity contribution >= 4 is 28.7 Å². The third kappa shape index (κ3) is 5.42. The van der Waals surface area contributed by atoms with Crippen LogP contribution in [0.4, 0.5) is 0 Å². The van der Waals surface area contributed by atoms with E-state index in [-0.39, 0.29) is 23.0 Å². The van der Waals surface area contributed by atoms with E-state index in [4.69, 9.17) is 16.6 Å². The number of rotatable bonds is 6. The maximum atomic E-state index is 14.1. The van der Waals surface area contributed by atoms with E-state index in [1.54, 1.807) is 45.8 Å². The molecule has 0 atom stereocenters. The summed E-state index contributed by atoms with van der Waals surface area (Å²) in [5.41, 5.74) is 5.15. The first kappa shape index (κ1) is 27.8. The minimum Gasteiger partial charge on any atom is -0.349 e. The van der Waals surface area contributed by atoms with Gasteiger partial charge in [-0.1, -0.05) is 91.5 Å². The number of carbonyl (C=O) groups is 1. The molecule has 0 radical (unpaired) electrons. The Morgan fingerprint density at radius 3 is 2.23 bits per heavy atom. The summed E-state index contributed by atoms with van der Waals surface area (Å²) >= 11 is 6.18. The molecule has 0 saturated heterocycles. The summed E-state index contributed by atoms with van der Waals surface area (Å²) in [5, 5.41) is 3.76. The Bertz CT molecular complexity index is 2010. The van der Waals surface area contributed by atoms with E-state index in [0.717, 1.165) is 42.4 Å². The molecule has 7 rings (SSSR count). The number of benzene rings is 4. The second kappa shape index (κ2) is 11.9. The van der Waals surface area contributed by atoms with Crippen LogP contribution in [0.25, 0.3) is 45.1 Å². The van der Waals surface area contributed by atoms with Gasteiger partial charge in [-0.2, -0.15) is 0 Å². The van der Waals surface area contributed by atoms with Crippen LogP contribution >= 0.6 is 11.6 Å². The highest BCUT2D eigenvalue weighted by Crippen LogP contribution is 2.27. The van der Waals surface area contributed by atoms with E-state index in [9.17, 15) is 9.59 Å². The lowest BCUT2D eigenvalue weighted by molar-refractivity contribution is 0.0927. The summed E-state index contributed by atoms with van der Waals surface area (Å²) in [5.74, 6) is 0.373. The van der Waals surface area contributed by atoms with Gasteiger partial charge in [-0.05, 0) is 66.4 Å². The van der Waals surface area contributed by atoms with Crippen LogP contribution < -0.4 is 10.9 Å². The van der Waals surface area contributed by atoms with Crippen molar-refractivity contribution in [3.8, 4) is 33.9 Å². The Morgan fingerprint density at radius 1 is 0.773 bits per heavy atom. The van der Waals surface area contributed by atoms with Gasteiger partial charge in [0.15, 0.2) is 11.2 Å². The fourth-order valence-corrected chi connectivity index (χ4v) is 6.05. The Morgan fingerprint density at radius 2 is 1.48 bits per heavy atom. The molecule has 1 N–H and O–H groups in total. The largest absolute Gasteiger partial charge is 0.349 e. The molecule has 7 nitrogen and oxygen atoms in total. The SMILES string of the molecule is O=C(NC1CCCCC1)c1cccc(-n2cnc3c(=O)n(-c4ccc(Cl)cc4)c(-c4ccc(-c5ccccc5)cc4)nc32)c1. The molecule has 1 amide bonds. The molecular weight excluding hydrogens is 570 g/mol. The summed E-state index contributed by atoms with van der Waals surface area (Å²) < 4.78 is 3.34. The van der Waals surface area contributed by atoms with Crippen molar-refractivity contribution in [1.82, 2.24) is 24.4 Å². The van der Waals surface area contributed by atoms with Crippen LogP contribution in [0.15, 0.2) is 114 Å². The van der Waals surface area contributed by atoms with E-state index in [1.807, 2.05) is 60.7 Å². The minimum atomic E-state index is -0.301. The van der Waals surface area contributed by atoms with Gasteiger partial charge in [0.25, 0.3) is 11.5 Å². The number of imidazole rings is 1. The van der Waals surface area contributed by atoms with Crippen LogP contribution in [0.3, 0.4) is 0 Å². The van der Waals surface area contributed by atoms with Crippen LogP contribution in [-0.2, 0) is 0 Å². The summed E-state index contributed by atoms with van der Waals surface area (Å²) in [6.07, 6.45) is 7.12. The monoisotopic (exact) mass is 599 g/mol. The van der Waals surface area contributed by atoms with Gasteiger partial charge in [0.1, 0.15) is 12.2 Å². The topological polar surface area (TPSA) is 81.8 Å². The number of nitrogens with zero attached hydrogens (tertiary/aromatic N) is 4. The molecule has 0 spiro atoms. The zero-order valence-corrected chi connectivity index (χ0v) is 24.7. The smallest absolute Gasteiger partial charge is 0.286 e. The molecule has 4 aromatic carbocycles. The third-order valence-electron chi connectivity index (χ3n) is 8.23. The van der Waals surface area contributed by atoms with E-state index in [2.05, 4.69) is 22.4 Å². The first-order chi connectivity index (χ1) is 21.5. The average molecular weight is 600 g/mol. The Balaban J connectivity index is 1.33. The molecule has 218 valence electrons. The maximum Gasteiger partial charge on any atom is 0.286 e. The van der Waals surface area contributed by atoms with Crippen LogP contribution in [-0.4, -0.2) is 31.1 Å². The average Bonchev–Trinajstić information content (AvgIpc) is 3.51. The summed E-state index contributed by atoms with van der Waals surface area (Å²) in [7, 11) is 0.